The molecule has 8 heteroatoms. The molecule has 1 saturated heterocycles. The zero-order chi connectivity index (χ0) is 16.9. The predicted octanol–water partition coefficient (Wildman–Crippen LogP) is 0.413. The van der Waals surface area contributed by atoms with Gasteiger partial charge in [0, 0.05) is 45.0 Å². The highest BCUT2D eigenvalue weighted by Crippen LogP contribution is 2.28. The highest BCUT2D eigenvalue weighted by Gasteiger charge is 2.26. The summed E-state index contributed by atoms with van der Waals surface area (Å²) in [4.78, 5) is 12.8. The van der Waals surface area contributed by atoms with Gasteiger partial charge in [0.1, 0.15) is 17.5 Å². The molecule has 3 heterocycles. The monoisotopic (exact) mass is 331 g/mol. The normalized spacial score (nSPS) is 16.1. The highest BCUT2D eigenvalue weighted by atomic mass is 16.3. The van der Waals surface area contributed by atoms with Crippen LogP contribution in [0.4, 0.5) is 5.82 Å². The Morgan fingerprint density at radius 2 is 2.04 bits per heavy atom. The lowest BCUT2D eigenvalue weighted by molar-refractivity contribution is 0.213. The maximum Gasteiger partial charge on any atom is 0.147 e. The van der Waals surface area contributed by atoms with Crippen LogP contribution in [-0.2, 0) is 13.6 Å². The van der Waals surface area contributed by atoms with Crippen LogP contribution in [0.2, 0.25) is 0 Å². The second-order valence-electron chi connectivity index (χ2n) is 6.32. The summed E-state index contributed by atoms with van der Waals surface area (Å²) in [5.41, 5.74) is 0. The largest absolute Gasteiger partial charge is 0.395 e. The van der Waals surface area contributed by atoms with Gasteiger partial charge in [-0.05, 0) is 19.9 Å². The van der Waals surface area contributed by atoms with Crippen molar-refractivity contribution in [3.05, 3.63) is 30.2 Å². The smallest absolute Gasteiger partial charge is 0.147 e. The standard InChI is InChI=1S/C16H25N7O/c1-21(9-10-24)12-15-19-20-16(22(15)2)13-3-7-23(8-4-13)14-11-17-5-6-18-14/h5-6,11,13,24H,3-4,7-10,12H2,1-2H3. The maximum atomic E-state index is 9.01. The number of nitrogens with zero attached hydrogens (tertiary/aromatic N) is 7. The Balaban J connectivity index is 1.61. The van der Waals surface area contributed by atoms with Crippen LogP contribution >= 0.6 is 0 Å². The Morgan fingerprint density at radius 1 is 1.25 bits per heavy atom. The van der Waals surface area contributed by atoms with Crippen LogP contribution in [0, 0.1) is 0 Å². The van der Waals surface area contributed by atoms with E-state index in [1.807, 2.05) is 25.2 Å². The summed E-state index contributed by atoms with van der Waals surface area (Å²) in [6, 6.07) is 0. The van der Waals surface area contributed by atoms with Gasteiger partial charge in [-0.2, -0.15) is 0 Å². The van der Waals surface area contributed by atoms with Crippen molar-refractivity contribution in [3.8, 4) is 0 Å². The first-order valence-corrected chi connectivity index (χ1v) is 8.37. The van der Waals surface area contributed by atoms with E-state index in [0.29, 0.717) is 19.0 Å². The molecule has 0 amide bonds. The molecule has 3 rings (SSSR count). The summed E-state index contributed by atoms with van der Waals surface area (Å²) in [6.45, 7) is 3.40. The lowest BCUT2D eigenvalue weighted by Gasteiger charge is -2.32. The van der Waals surface area contributed by atoms with Gasteiger partial charge in [-0.15, -0.1) is 10.2 Å². The van der Waals surface area contributed by atoms with Crippen molar-refractivity contribution in [1.82, 2.24) is 29.6 Å². The van der Waals surface area contributed by atoms with Crippen LogP contribution in [0.3, 0.4) is 0 Å². The van der Waals surface area contributed by atoms with Crippen LogP contribution in [0.1, 0.15) is 30.4 Å². The number of anilines is 1. The number of aliphatic hydroxyl groups is 1. The van der Waals surface area contributed by atoms with Gasteiger partial charge in [0.05, 0.1) is 19.3 Å². The van der Waals surface area contributed by atoms with E-state index in [1.54, 1.807) is 12.4 Å². The van der Waals surface area contributed by atoms with E-state index in [1.165, 1.54) is 0 Å². The number of aliphatic hydroxyl groups excluding tert-OH is 1. The van der Waals surface area contributed by atoms with Crippen molar-refractivity contribution >= 4 is 5.82 Å². The average Bonchev–Trinajstić information content (AvgIpc) is 2.97. The van der Waals surface area contributed by atoms with E-state index in [-0.39, 0.29) is 6.61 Å². The molecule has 1 N–H and O–H groups in total. The molecule has 1 aliphatic heterocycles. The summed E-state index contributed by atoms with van der Waals surface area (Å²) in [7, 11) is 4.01. The summed E-state index contributed by atoms with van der Waals surface area (Å²) in [5.74, 6) is 3.37. The first-order chi connectivity index (χ1) is 11.7. The first-order valence-electron chi connectivity index (χ1n) is 8.37. The molecule has 0 radical (unpaired) electrons. The van der Waals surface area contributed by atoms with Crippen LogP contribution in [0.25, 0.3) is 0 Å². The van der Waals surface area contributed by atoms with Crippen LogP contribution in [0.15, 0.2) is 18.6 Å². The quantitative estimate of drug-likeness (QED) is 0.821. The Labute approximate surface area is 142 Å². The van der Waals surface area contributed by atoms with Gasteiger partial charge in [0.15, 0.2) is 0 Å². The molecule has 1 fully saturated rings. The first kappa shape index (κ1) is 16.8. The third-order valence-electron chi connectivity index (χ3n) is 4.63. The topological polar surface area (TPSA) is 83.2 Å². The highest BCUT2D eigenvalue weighted by molar-refractivity contribution is 5.35. The molecule has 0 unspecified atom stereocenters. The fourth-order valence-electron chi connectivity index (χ4n) is 3.18. The molecular formula is C16H25N7O. The fourth-order valence-corrected chi connectivity index (χ4v) is 3.18. The zero-order valence-electron chi connectivity index (χ0n) is 14.3. The summed E-state index contributed by atoms with van der Waals surface area (Å²) < 4.78 is 2.11. The maximum absolute atomic E-state index is 9.01. The van der Waals surface area contributed by atoms with Gasteiger partial charge in [-0.25, -0.2) is 4.98 Å². The SMILES string of the molecule is CN(CCO)Cc1nnc(C2CCN(c3cnccn3)CC2)n1C. The van der Waals surface area contributed by atoms with Crippen molar-refractivity contribution in [2.75, 3.05) is 38.2 Å². The van der Waals surface area contributed by atoms with Crippen LogP contribution in [0.5, 0.6) is 0 Å². The average molecular weight is 331 g/mol. The van der Waals surface area contributed by atoms with E-state index in [0.717, 1.165) is 43.4 Å². The van der Waals surface area contributed by atoms with E-state index < -0.39 is 0 Å². The summed E-state index contributed by atoms with van der Waals surface area (Å²) >= 11 is 0. The number of hydrogen-bond donors (Lipinski definition) is 1. The molecule has 1 aliphatic rings. The molecule has 0 aliphatic carbocycles. The lowest BCUT2D eigenvalue weighted by Crippen LogP contribution is -2.34. The van der Waals surface area contributed by atoms with Gasteiger partial charge >= 0.3 is 0 Å². The van der Waals surface area contributed by atoms with E-state index in [4.69, 9.17) is 5.11 Å². The van der Waals surface area contributed by atoms with Gasteiger partial charge in [0.25, 0.3) is 0 Å². The van der Waals surface area contributed by atoms with Crippen molar-refractivity contribution in [3.63, 3.8) is 0 Å². The molecule has 24 heavy (non-hydrogen) atoms. The van der Waals surface area contributed by atoms with Gasteiger partial charge < -0.3 is 14.6 Å². The Morgan fingerprint density at radius 3 is 2.71 bits per heavy atom. The van der Waals surface area contributed by atoms with E-state index in [2.05, 4.69) is 29.6 Å². The number of aromatic nitrogens is 5. The predicted molar refractivity (Wildman–Crippen MR) is 90.6 cm³/mol. The van der Waals surface area contributed by atoms with Crippen molar-refractivity contribution in [2.45, 2.75) is 25.3 Å². The third kappa shape index (κ3) is 3.70. The number of piperidine rings is 1. The van der Waals surface area contributed by atoms with E-state index >= 15 is 0 Å². The van der Waals surface area contributed by atoms with Gasteiger partial charge in [0.2, 0.25) is 0 Å². The van der Waals surface area contributed by atoms with Gasteiger partial charge in [-0.1, -0.05) is 0 Å². The van der Waals surface area contributed by atoms with Crippen molar-refractivity contribution < 1.29 is 5.11 Å². The molecule has 0 aromatic carbocycles. The van der Waals surface area contributed by atoms with Gasteiger partial charge in [-0.3, -0.25) is 9.88 Å². The number of hydrogen-bond acceptors (Lipinski definition) is 7. The minimum atomic E-state index is 0.155. The number of likely N-dealkylation sites (N-methyl/N-ethyl adjacent to an activating group) is 1. The van der Waals surface area contributed by atoms with E-state index in [9.17, 15) is 0 Å². The minimum Gasteiger partial charge on any atom is -0.395 e. The molecular weight excluding hydrogens is 306 g/mol. The Hall–Kier alpha value is -2.06. The Kier molecular flexibility index (Phi) is 5.37. The third-order valence-corrected chi connectivity index (χ3v) is 4.63. The van der Waals surface area contributed by atoms with Crippen LogP contribution < -0.4 is 4.90 Å². The fraction of sp³-hybridized carbons (Fsp3) is 0.625. The summed E-state index contributed by atoms with van der Waals surface area (Å²) in [5, 5.41) is 17.8. The number of rotatable bonds is 6. The van der Waals surface area contributed by atoms with Crippen molar-refractivity contribution in [2.24, 2.45) is 7.05 Å². The lowest BCUT2D eigenvalue weighted by atomic mass is 9.96. The molecule has 130 valence electrons. The van der Waals surface area contributed by atoms with Crippen molar-refractivity contribution in [1.29, 1.82) is 0 Å². The zero-order valence-corrected chi connectivity index (χ0v) is 14.3. The van der Waals surface area contributed by atoms with Crippen LogP contribution in [-0.4, -0.2) is 68.0 Å². The molecule has 0 bridgehead atoms. The molecule has 8 nitrogen and oxygen atoms in total. The molecule has 0 atom stereocenters. The molecule has 2 aromatic rings. The molecule has 0 saturated carbocycles. The minimum absolute atomic E-state index is 0.155. The molecule has 2 aromatic heterocycles. The molecule has 0 spiro atoms. The Bertz CT molecular complexity index is 637. The second kappa shape index (κ2) is 7.67. The summed E-state index contributed by atoms with van der Waals surface area (Å²) in [6.07, 6.45) is 7.33. The second-order valence-corrected chi connectivity index (χ2v) is 6.32.